The first-order valence-electron chi connectivity index (χ1n) is 39.5. The van der Waals surface area contributed by atoms with Gasteiger partial charge in [0.2, 0.25) is 0 Å². The van der Waals surface area contributed by atoms with E-state index in [0.717, 1.165) is 167 Å². The summed E-state index contributed by atoms with van der Waals surface area (Å²) in [5, 5.41) is 10.6. The molecule has 98 heavy (non-hydrogen) atoms. The summed E-state index contributed by atoms with van der Waals surface area (Å²) in [7, 11) is -9.94. The molecular formula is C79H144O17P2. The molecule has 0 aliphatic rings. The molecule has 3 N–H and O–H groups in total. The molecule has 0 fully saturated rings. The Kier molecular flexibility index (Phi) is 69.7. The molecule has 0 heterocycles. The molecule has 0 saturated heterocycles. The van der Waals surface area contributed by atoms with E-state index in [2.05, 4.69) is 88.5 Å². The predicted molar refractivity (Wildman–Crippen MR) is 400 cm³/mol. The monoisotopic (exact) mass is 1430 g/mol. The Labute approximate surface area is 597 Å². The molecule has 0 aromatic rings. The number of hydrogen-bond acceptors (Lipinski definition) is 15. The predicted octanol–water partition coefficient (Wildman–Crippen LogP) is 22.7. The number of unbranched alkanes of at least 4 members (excludes halogenated alkanes) is 39. The summed E-state index contributed by atoms with van der Waals surface area (Å²) in [6, 6.07) is 0. The minimum atomic E-state index is -4.97. The van der Waals surface area contributed by atoms with Gasteiger partial charge in [-0.25, -0.2) is 9.13 Å². The third-order valence-electron chi connectivity index (χ3n) is 17.0. The maximum Gasteiger partial charge on any atom is 0.472 e. The molecular weight excluding hydrogens is 1280 g/mol. The summed E-state index contributed by atoms with van der Waals surface area (Å²) < 4.78 is 68.5. The Bertz CT molecular complexity index is 2100. The van der Waals surface area contributed by atoms with Crippen LogP contribution in [0.15, 0.2) is 60.8 Å². The van der Waals surface area contributed by atoms with Crippen LogP contribution in [0.2, 0.25) is 0 Å². The Morgan fingerprint density at radius 2 is 0.531 bits per heavy atom. The van der Waals surface area contributed by atoms with Crippen molar-refractivity contribution >= 4 is 39.5 Å². The van der Waals surface area contributed by atoms with E-state index in [0.29, 0.717) is 25.7 Å². The second-order valence-electron chi connectivity index (χ2n) is 26.6. The standard InChI is InChI=1S/C79H144O17P2/c1-5-9-13-17-21-25-29-33-35-36-38-41-44-48-52-56-60-64-77(82)90-70-75(96-79(84)66-62-58-54-50-46-42-37-34-30-26-22-18-14-10-6-2)72-94-98(87,88)92-68-73(80)67-91-97(85,86)93-71-74(95-78(83)65-61-57-53-49-45-40-32-28-24-20-16-12-8-4)69-89-76(81)63-59-55-51-47-43-39-31-27-23-19-15-11-7-3/h9,13,21,25,27-28,31-33,35,73-75,80H,5-8,10-12,14-20,22-24,26,29-30,34,36-72H2,1-4H3,(H,85,86)(H,87,88)/b13-9-,25-21-,31-27-,32-28-,35-33-. The molecule has 572 valence electrons. The molecule has 5 atom stereocenters. The fraction of sp³-hybridized carbons (Fsp3) is 0.823. The van der Waals surface area contributed by atoms with Crippen molar-refractivity contribution in [2.75, 3.05) is 39.6 Å². The van der Waals surface area contributed by atoms with Crippen molar-refractivity contribution in [3.8, 4) is 0 Å². The van der Waals surface area contributed by atoms with Gasteiger partial charge in [-0.05, 0) is 109 Å². The Hall–Kier alpha value is -3.24. The summed E-state index contributed by atoms with van der Waals surface area (Å²) in [6.07, 6.45) is 70.5. The van der Waals surface area contributed by atoms with Gasteiger partial charge in [0, 0.05) is 25.7 Å². The number of ether oxygens (including phenoxy) is 4. The molecule has 0 amide bonds. The Morgan fingerprint density at radius 1 is 0.296 bits per heavy atom. The highest BCUT2D eigenvalue weighted by Crippen LogP contribution is 2.45. The molecule has 0 saturated carbocycles. The van der Waals surface area contributed by atoms with Gasteiger partial charge in [-0.15, -0.1) is 0 Å². The SMILES string of the molecule is CC/C=C\C/C=C\C/C=C\CCCCCCCCCC(=O)OCC(COP(=O)(O)OCC(O)COP(=O)(O)OCC(COC(=O)CCCCCCC/C=C\CCCCCC)OC(=O)CCCCCCC/C=C\CCCCCC)OC(=O)CCCCCCCCCCCCCCCCC. The first-order chi connectivity index (χ1) is 47.7. The summed E-state index contributed by atoms with van der Waals surface area (Å²) >= 11 is 0. The lowest BCUT2D eigenvalue weighted by atomic mass is 10.0. The van der Waals surface area contributed by atoms with E-state index in [-0.39, 0.29) is 25.7 Å². The lowest BCUT2D eigenvalue weighted by Crippen LogP contribution is -2.30. The quantitative estimate of drug-likeness (QED) is 0.0169. The summed E-state index contributed by atoms with van der Waals surface area (Å²) in [4.78, 5) is 72.9. The van der Waals surface area contributed by atoms with Crippen LogP contribution in [-0.4, -0.2) is 96.7 Å². The number of carbonyl (C=O) groups is 4. The van der Waals surface area contributed by atoms with Crippen LogP contribution < -0.4 is 0 Å². The van der Waals surface area contributed by atoms with Crippen molar-refractivity contribution in [3.63, 3.8) is 0 Å². The van der Waals surface area contributed by atoms with Crippen LogP contribution in [0.1, 0.15) is 362 Å². The summed E-state index contributed by atoms with van der Waals surface area (Å²) in [5.41, 5.74) is 0. The second-order valence-corrected chi connectivity index (χ2v) is 29.5. The molecule has 0 rings (SSSR count). The van der Waals surface area contributed by atoms with Crippen LogP contribution in [0, 0.1) is 0 Å². The van der Waals surface area contributed by atoms with E-state index >= 15 is 0 Å². The topological polar surface area (TPSA) is 237 Å². The maximum absolute atomic E-state index is 13.1. The highest BCUT2D eigenvalue weighted by atomic mass is 31.2. The van der Waals surface area contributed by atoms with E-state index in [1.165, 1.54) is 116 Å². The van der Waals surface area contributed by atoms with Crippen LogP contribution in [0.4, 0.5) is 0 Å². The van der Waals surface area contributed by atoms with E-state index in [1.54, 1.807) is 0 Å². The third kappa shape index (κ3) is 71.2. The zero-order chi connectivity index (χ0) is 71.8. The molecule has 5 unspecified atom stereocenters. The molecule has 0 bridgehead atoms. The number of aliphatic hydroxyl groups excluding tert-OH is 1. The van der Waals surface area contributed by atoms with Gasteiger partial charge in [-0.3, -0.25) is 37.3 Å². The zero-order valence-electron chi connectivity index (χ0n) is 62.5. The number of esters is 4. The lowest BCUT2D eigenvalue weighted by molar-refractivity contribution is -0.161. The van der Waals surface area contributed by atoms with Gasteiger partial charge in [0.15, 0.2) is 12.2 Å². The van der Waals surface area contributed by atoms with Gasteiger partial charge >= 0.3 is 39.5 Å². The van der Waals surface area contributed by atoms with Gasteiger partial charge in [0.25, 0.3) is 0 Å². The van der Waals surface area contributed by atoms with Crippen LogP contribution in [0.3, 0.4) is 0 Å². The van der Waals surface area contributed by atoms with Crippen LogP contribution in [0.5, 0.6) is 0 Å². The van der Waals surface area contributed by atoms with Gasteiger partial charge in [-0.2, -0.15) is 0 Å². The lowest BCUT2D eigenvalue weighted by Gasteiger charge is -2.21. The normalized spacial score (nSPS) is 14.2. The molecule has 0 radical (unpaired) electrons. The minimum absolute atomic E-state index is 0.0876. The van der Waals surface area contributed by atoms with E-state index < -0.39 is 97.5 Å². The molecule has 0 aromatic carbocycles. The Morgan fingerprint density at radius 3 is 0.837 bits per heavy atom. The Balaban J connectivity index is 5.32. The molecule has 0 spiro atoms. The number of allylic oxidation sites excluding steroid dienone is 10. The average molecular weight is 1430 g/mol. The number of phosphoric acid groups is 2. The molecule has 19 heteroatoms. The van der Waals surface area contributed by atoms with Gasteiger partial charge in [-0.1, -0.05) is 288 Å². The summed E-state index contributed by atoms with van der Waals surface area (Å²) in [6.45, 7) is 4.77. The molecule has 0 aromatic heterocycles. The van der Waals surface area contributed by atoms with Gasteiger partial charge < -0.3 is 33.8 Å². The number of rotatable bonds is 75. The smallest absolute Gasteiger partial charge is 0.462 e. The molecule has 17 nitrogen and oxygen atoms in total. The van der Waals surface area contributed by atoms with Gasteiger partial charge in [0.1, 0.15) is 19.3 Å². The fourth-order valence-corrected chi connectivity index (χ4v) is 12.5. The van der Waals surface area contributed by atoms with Crippen molar-refractivity contribution in [2.45, 2.75) is 380 Å². The highest BCUT2D eigenvalue weighted by Gasteiger charge is 2.30. The highest BCUT2D eigenvalue weighted by molar-refractivity contribution is 7.47. The number of carbonyl (C=O) groups excluding carboxylic acids is 4. The van der Waals surface area contributed by atoms with E-state index in [9.17, 15) is 43.2 Å². The van der Waals surface area contributed by atoms with Crippen molar-refractivity contribution in [1.82, 2.24) is 0 Å². The van der Waals surface area contributed by atoms with Crippen LogP contribution in [0.25, 0.3) is 0 Å². The first kappa shape index (κ1) is 94.8. The van der Waals surface area contributed by atoms with Crippen molar-refractivity contribution < 1.29 is 80.2 Å². The van der Waals surface area contributed by atoms with E-state index in [4.69, 9.17) is 37.0 Å². The minimum Gasteiger partial charge on any atom is -0.462 e. The second kappa shape index (κ2) is 72.1. The fourth-order valence-electron chi connectivity index (χ4n) is 10.9. The third-order valence-corrected chi connectivity index (χ3v) is 18.9. The van der Waals surface area contributed by atoms with Crippen molar-refractivity contribution in [1.29, 1.82) is 0 Å². The van der Waals surface area contributed by atoms with Crippen molar-refractivity contribution in [3.05, 3.63) is 60.8 Å². The zero-order valence-corrected chi connectivity index (χ0v) is 64.3. The average Bonchev–Trinajstić information content (AvgIpc) is 1.05. The number of aliphatic hydroxyl groups is 1. The van der Waals surface area contributed by atoms with Gasteiger partial charge in [0.05, 0.1) is 26.4 Å². The number of hydrogen-bond donors (Lipinski definition) is 3. The van der Waals surface area contributed by atoms with Crippen LogP contribution >= 0.6 is 15.6 Å². The number of phosphoric ester groups is 2. The van der Waals surface area contributed by atoms with Crippen molar-refractivity contribution in [2.24, 2.45) is 0 Å². The molecule has 0 aliphatic heterocycles. The largest absolute Gasteiger partial charge is 0.472 e. The maximum atomic E-state index is 13.1. The van der Waals surface area contributed by atoms with Crippen LogP contribution in [-0.2, 0) is 65.4 Å². The first-order valence-corrected chi connectivity index (χ1v) is 42.5. The van der Waals surface area contributed by atoms with E-state index in [1.807, 2.05) is 0 Å². The molecule has 0 aliphatic carbocycles. The summed E-state index contributed by atoms with van der Waals surface area (Å²) in [5.74, 6) is -2.17.